The first kappa shape index (κ1) is 25.1. The van der Waals surface area contributed by atoms with Gasteiger partial charge >= 0.3 is 0 Å². The van der Waals surface area contributed by atoms with E-state index in [0.717, 1.165) is 0 Å². The fraction of sp³-hybridized carbons (Fsp3) is 0.0233. The number of thiophene rings is 1. The van der Waals surface area contributed by atoms with Gasteiger partial charge in [0.1, 0.15) is 0 Å². The number of hydrogen-bond acceptors (Lipinski definition) is 1. The zero-order chi connectivity index (χ0) is 29.0. The van der Waals surface area contributed by atoms with Crippen LogP contribution in [0.15, 0.2) is 146 Å². The lowest BCUT2D eigenvalue weighted by Gasteiger charge is -2.14. The van der Waals surface area contributed by atoms with Crippen molar-refractivity contribution in [3.63, 3.8) is 0 Å². The molecule has 0 N–H and O–H groups in total. The Balaban J connectivity index is 1.20. The van der Waals surface area contributed by atoms with Gasteiger partial charge in [-0.2, -0.15) is 0 Å². The Morgan fingerprint density at radius 2 is 1.09 bits per heavy atom. The van der Waals surface area contributed by atoms with Crippen molar-refractivity contribution in [3.8, 4) is 34.1 Å². The van der Waals surface area contributed by atoms with Crippen LogP contribution in [0.4, 0.5) is 0 Å². The zero-order valence-corrected chi connectivity index (χ0v) is 24.7. The van der Waals surface area contributed by atoms with Crippen LogP contribution < -0.4 is 0 Å². The molecule has 0 amide bonds. The Bertz CT molecular complexity index is 2460. The van der Waals surface area contributed by atoms with Crippen LogP contribution in [0.2, 0.25) is 0 Å². The summed E-state index contributed by atoms with van der Waals surface area (Å²) in [5.74, 6) is 6.94. The van der Waals surface area contributed by atoms with Gasteiger partial charge in [-0.15, -0.1) is 11.3 Å². The first-order valence-corrected chi connectivity index (χ1v) is 15.9. The van der Waals surface area contributed by atoms with Gasteiger partial charge in [-0.05, 0) is 90.0 Å². The quantitative estimate of drug-likeness (QED) is 0.145. The van der Waals surface area contributed by atoms with Gasteiger partial charge in [0.05, 0.1) is 5.92 Å². The van der Waals surface area contributed by atoms with Crippen LogP contribution in [-0.4, -0.2) is 0 Å². The summed E-state index contributed by atoms with van der Waals surface area (Å²) in [6.07, 6.45) is 4.22. The van der Waals surface area contributed by atoms with E-state index in [2.05, 4.69) is 157 Å². The maximum absolute atomic E-state index is 3.60. The average Bonchev–Trinajstić information content (AvgIpc) is 3.33. The maximum atomic E-state index is 3.60. The third kappa shape index (κ3) is 3.93. The molecule has 1 aliphatic carbocycles. The average molecular weight is 575 g/mol. The van der Waals surface area contributed by atoms with E-state index >= 15 is 0 Å². The van der Waals surface area contributed by atoms with Crippen molar-refractivity contribution in [2.24, 2.45) is 0 Å². The molecule has 1 aromatic heterocycles. The molecule has 1 heterocycles. The lowest BCUT2D eigenvalue weighted by molar-refractivity contribution is 1.10. The van der Waals surface area contributed by atoms with Crippen molar-refractivity contribution in [1.82, 2.24) is 0 Å². The predicted molar refractivity (Wildman–Crippen MR) is 190 cm³/mol. The third-order valence-corrected chi connectivity index (χ3v) is 10.3. The topological polar surface area (TPSA) is 0 Å². The van der Waals surface area contributed by atoms with E-state index in [-0.39, 0.29) is 5.92 Å². The van der Waals surface area contributed by atoms with E-state index in [9.17, 15) is 0 Å². The highest BCUT2D eigenvalue weighted by Crippen LogP contribution is 2.45. The molecular formula is C43H26S. The molecule has 1 atom stereocenters. The molecule has 8 aromatic rings. The molecule has 1 heteroatoms. The van der Waals surface area contributed by atoms with E-state index < -0.39 is 0 Å². The van der Waals surface area contributed by atoms with Crippen molar-refractivity contribution in [1.29, 1.82) is 0 Å². The van der Waals surface area contributed by atoms with Crippen LogP contribution in [0.1, 0.15) is 21.9 Å². The standard InChI is InChI=1S/C43H26S/c1-2-12-28(13-3-1)32-22-11-23-40-39-21-9-4-16-33(43(39)44-42(32)40)31-15-10-14-29(26-31)30-24-25-38-36-19-6-5-17-34(36)35-18-7-8-20-37(35)41(38)27-30/h1-3,5-15,17-27,33H. The summed E-state index contributed by atoms with van der Waals surface area (Å²) in [5, 5.41) is 9.09. The van der Waals surface area contributed by atoms with Crippen molar-refractivity contribution >= 4 is 59.8 Å². The zero-order valence-electron chi connectivity index (χ0n) is 23.9. The fourth-order valence-electron chi connectivity index (χ4n) is 6.93. The normalized spacial score (nSPS) is 14.0. The van der Waals surface area contributed by atoms with Gasteiger partial charge < -0.3 is 0 Å². The minimum Gasteiger partial charge on any atom is -0.137 e. The van der Waals surface area contributed by atoms with Crippen LogP contribution in [0.5, 0.6) is 0 Å². The lowest BCUT2D eigenvalue weighted by atomic mass is 9.90. The summed E-state index contributed by atoms with van der Waals surface area (Å²) in [4.78, 5) is 1.32. The van der Waals surface area contributed by atoms with E-state index in [4.69, 9.17) is 0 Å². The molecule has 0 nitrogen and oxygen atoms in total. The van der Waals surface area contributed by atoms with Gasteiger partial charge in [0, 0.05) is 15.0 Å². The molecule has 9 rings (SSSR count). The number of rotatable bonds is 3. The van der Waals surface area contributed by atoms with E-state index in [1.807, 2.05) is 17.4 Å². The van der Waals surface area contributed by atoms with E-state index in [1.54, 1.807) is 0 Å². The Morgan fingerprint density at radius 1 is 0.477 bits per heavy atom. The largest absolute Gasteiger partial charge is 0.137 e. The van der Waals surface area contributed by atoms with Gasteiger partial charge in [0.15, 0.2) is 0 Å². The predicted octanol–water partition coefficient (Wildman–Crippen LogP) is 11.9. The fourth-order valence-corrected chi connectivity index (χ4v) is 8.33. The smallest absolute Gasteiger partial charge is 0.0805 e. The van der Waals surface area contributed by atoms with Crippen molar-refractivity contribution in [2.45, 2.75) is 5.92 Å². The Labute approximate surface area is 260 Å². The molecule has 0 bridgehead atoms. The number of fused-ring (bicyclic) bond motifs is 9. The molecule has 7 aromatic carbocycles. The number of benzene rings is 7. The van der Waals surface area contributed by atoms with Crippen molar-refractivity contribution in [3.05, 3.63) is 162 Å². The highest BCUT2D eigenvalue weighted by atomic mass is 32.1. The molecular weight excluding hydrogens is 549 g/mol. The first-order valence-electron chi connectivity index (χ1n) is 15.1. The summed E-state index contributed by atoms with van der Waals surface area (Å²) < 4.78 is 1.33. The van der Waals surface area contributed by atoms with Crippen molar-refractivity contribution in [2.75, 3.05) is 0 Å². The highest BCUT2D eigenvalue weighted by molar-refractivity contribution is 7.20. The first-order chi connectivity index (χ1) is 21.8. The summed E-state index contributed by atoms with van der Waals surface area (Å²) in [5.41, 5.74) is 7.48. The van der Waals surface area contributed by atoms with Gasteiger partial charge in [-0.3, -0.25) is 0 Å². The molecule has 0 radical (unpaired) electrons. The van der Waals surface area contributed by atoms with E-state index in [1.165, 1.54) is 80.7 Å². The second-order valence-corrected chi connectivity index (χ2v) is 12.5. The van der Waals surface area contributed by atoms with Gasteiger partial charge in [-0.1, -0.05) is 139 Å². The Morgan fingerprint density at radius 3 is 1.86 bits per heavy atom. The van der Waals surface area contributed by atoms with Crippen LogP contribution in [0, 0.1) is 11.8 Å². The molecule has 204 valence electrons. The number of hydrogen-bond donors (Lipinski definition) is 0. The minimum atomic E-state index is 0.00574. The maximum Gasteiger partial charge on any atom is 0.0805 e. The molecule has 0 fully saturated rings. The highest BCUT2D eigenvalue weighted by Gasteiger charge is 2.23. The van der Waals surface area contributed by atoms with Crippen LogP contribution in [0.3, 0.4) is 0 Å². The molecule has 0 saturated carbocycles. The van der Waals surface area contributed by atoms with Gasteiger partial charge in [0.2, 0.25) is 0 Å². The minimum absolute atomic E-state index is 0.00574. The van der Waals surface area contributed by atoms with Crippen LogP contribution >= 0.6 is 11.3 Å². The lowest BCUT2D eigenvalue weighted by Crippen LogP contribution is -1.97. The summed E-state index contributed by atoms with van der Waals surface area (Å²) in [6, 6.07) is 50.9. The molecule has 0 spiro atoms. The molecule has 0 saturated heterocycles. The molecule has 1 aliphatic rings. The SMILES string of the molecule is C1#CC(c2cccc(-c3ccc4c5ccccc5c5ccccc5c4c3)c2)c2sc3c(-c4ccccc4)cccc3c2C=C1. The van der Waals surface area contributed by atoms with Crippen LogP contribution in [-0.2, 0) is 0 Å². The van der Waals surface area contributed by atoms with E-state index in [0.29, 0.717) is 0 Å². The molecule has 0 aliphatic heterocycles. The monoisotopic (exact) mass is 574 g/mol. The summed E-state index contributed by atoms with van der Waals surface area (Å²) in [7, 11) is 0. The second kappa shape index (κ2) is 10.1. The summed E-state index contributed by atoms with van der Waals surface area (Å²) >= 11 is 1.89. The summed E-state index contributed by atoms with van der Waals surface area (Å²) in [6.45, 7) is 0. The van der Waals surface area contributed by atoms with Crippen LogP contribution in [0.25, 0.3) is 70.7 Å². The van der Waals surface area contributed by atoms with Gasteiger partial charge in [0.25, 0.3) is 0 Å². The second-order valence-electron chi connectivity index (χ2n) is 11.5. The van der Waals surface area contributed by atoms with Crippen molar-refractivity contribution < 1.29 is 0 Å². The van der Waals surface area contributed by atoms with Gasteiger partial charge in [-0.25, -0.2) is 0 Å². The number of allylic oxidation sites excluding steroid dienone is 1. The molecule has 1 unspecified atom stereocenters. The Hall–Kier alpha value is -5.42. The molecule has 44 heavy (non-hydrogen) atoms. The third-order valence-electron chi connectivity index (χ3n) is 8.99. The Kier molecular flexibility index (Phi) is 5.76.